The number of aliphatic imine (C=N–C) groups is 2. The van der Waals surface area contributed by atoms with Crippen LogP contribution in [0.25, 0.3) is 0 Å². The minimum Gasteiger partial charge on any atom is -0.305 e. The fourth-order valence-corrected chi connectivity index (χ4v) is 2.48. The largest absolute Gasteiger partial charge is 0.342 e. The predicted octanol–water partition coefficient (Wildman–Crippen LogP) is 3.49. The first-order valence-corrected chi connectivity index (χ1v) is 7.85. The maximum Gasteiger partial charge on any atom is 0.342 e. The first-order chi connectivity index (χ1) is 12.1. The van der Waals surface area contributed by atoms with Gasteiger partial charge in [0.25, 0.3) is 0 Å². The van der Waals surface area contributed by atoms with E-state index in [1.807, 2.05) is 60.7 Å². The molecule has 6 nitrogen and oxygen atoms in total. The molecule has 4 amide bonds. The van der Waals surface area contributed by atoms with E-state index in [4.69, 9.17) is 0 Å². The van der Waals surface area contributed by atoms with Crippen LogP contribution in [0.4, 0.5) is 9.59 Å². The third kappa shape index (κ3) is 4.38. The van der Waals surface area contributed by atoms with Crippen LogP contribution in [0.1, 0.15) is 25.0 Å². The number of rotatable bonds is 4. The van der Waals surface area contributed by atoms with Crippen molar-refractivity contribution in [1.82, 2.24) is 10.6 Å². The smallest absolute Gasteiger partial charge is 0.305 e. The highest BCUT2D eigenvalue weighted by Gasteiger charge is 2.37. The van der Waals surface area contributed by atoms with Gasteiger partial charge in [-0.25, -0.2) is 19.6 Å². The maximum absolute atomic E-state index is 12.2. The quantitative estimate of drug-likeness (QED) is 0.662. The molecule has 0 atom stereocenters. The molecule has 2 aromatic rings. The molecule has 25 heavy (non-hydrogen) atoms. The first-order valence-electron chi connectivity index (χ1n) is 7.85. The van der Waals surface area contributed by atoms with Gasteiger partial charge in [-0.1, -0.05) is 60.7 Å². The summed E-state index contributed by atoms with van der Waals surface area (Å²) in [5.41, 5.74) is 0.0661. The number of nitrogens with zero attached hydrogens (tertiary/aromatic N) is 2. The number of urea groups is 2. The standard InChI is InChI=1S/C19H20N4O2/c1-3-20-17(24)22-19(23-18(25)21-4-2,15-11-7-5-8-12-15)16-13-9-6-10-14-16/h3-14H,1-2H3,(H,22,24)(H,23,25). The van der Waals surface area contributed by atoms with Crippen molar-refractivity contribution in [3.63, 3.8) is 0 Å². The third-order valence-electron chi connectivity index (χ3n) is 3.50. The second-order valence-electron chi connectivity index (χ2n) is 5.12. The van der Waals surface area contributed by atoms with Crippen molar-refractivity contribution < 1.29 is 9.59 Å². The summed E-state index contributed by atoms with van der Waals surface area (Å²) in [6.45, 7) is 3.29. The van der Waals surface area contributed by atoms with Crippen molar-refractivity contribution in [2.75, 3.05) is 0 Å². The van der Waals surface area contributed by atoms with Crippen LogP contribution in [0, 0.1) is 0 Å². The molecular formula is C19H20N4O2. The number of carbonyl (C=O) groups is 2. The zero-order valence-corrected chi connectivity index (χ0v) is 14.1. The van der Waals surface area contributed by atoms with Gasteiger partial charge in [-0.15, -0.1) is 0 Å². The van der Waals surface area contributed by atoms with Gasteiger partial charge in [0, 0.05) is 23.6 Å². The number of amides is 4. The predicted molar refractivity (Wildman–Crippen MR) is 99.1 cm³/mol. The lowest BCUT2D eigenvalue weighted by Gasteiger charge is -2.35. The molecule has 0 aliphatic heterocycles. The third-order valence-corrected chi connectivity index (χ3v) is 3.50. The highest BCUT2D eigenvalue weighted by molar-refractivity contribution is 5.87. The number of carbonyl (C=O) groups excluding carboxylic acids is 2. The summed E-state index contributed by atoms with van der Waals surface area (Å²) in [6.07, 6.45) is 2.78. The second kappa shape index (κ2) is 8.54. The molecule has 0 aliphatic rings. The van der Waals surface area contributed by atoms with Crippen LogP contribution in [0.5, 0.6) is 0 Å². The second-order valence-corrected chi connectivity index (χ2v) is 5.12. The molecule has 0 heterocycles. The fraction of sp³-hybridized carbons (Fsp3) is 0.158. The van der Waals surface area contributed by atoms with E-state index in [0.29, 0.717) is 11.1 Å². The Kier molecular flexibility index (Phi) is 6.17. The molecule has 0 radical (unpaired) electrons. The highest BCUT2D eigenvalue weighted by Crippen LogP contribution is 2.27. The van der Waals surface area contributed by atoms with Crippen molar-refractivity contribution in [3.8, 4) is 0 Å². The summed E-state index contributed by atoms with van der Waals surface area (Å²) >= 11 is 0. The number of hydrogen-bond acceptors (Lipinski definition) is 2. The Balaban J connectivity index is 2.63. The fourth-order valence-electron chi connectivity index (χ4n) is 2.48. The van der Waals surface area contributed by atoms with E-state index in [1.165, 1.54) is 12.4 Å². The molecule has 0 unspecified atom stereocenters. The zero-order chi connectivity index (χ0) is 18.1. The van der Waals surface area contributed by atoms with E-state index in [1.54, 1.807) is 13.8 Å². The molecule has 0 aromatic heterocycles. The Morgan fingerprint density at radius 3 is 1.44 bits per heavy atom. The SMILES string of the molecule is CC=NC(=O)NC(NC(=O)N=CC)(c1ccccc1)c1ccccc1. The minimum absolute atomic E-state index is 0.573. The Labute approximate surface area is 146 Å². The van der Waals surface area contributed by atoms with E-state index >= 15 is 0 Å². The molecule has 2 aromatic carbocycles. The van der Waals surface area contributed by atoms with Gasteiger partial charge in [0.1, 0.15) is 0 Å². The monoisotopic (exact) mass is 336 g/mol. The van der Waals surface area contributed by atoms with Crippen molar-refractivity contribution in [3.05, 3.63) is 71.8 Å². The summed E-state index contributed by atoms with van der Waals surface area (Å²) in [4.78, 5) is 32.0. The van der Waals surface area contributed by atoms with Crippen LogP contribution in [0.2, 0.25) is 0 Å². The van der Waals surface area contributed by atoms with E-state index in [9.17, 15) is 9.59 Å². The molecule has 2 N–H and O–H groups in total. The van der Waals surface area contributed by atoms with Gasteiger partial charge in [0.2, 0.25) is 0 Å². The van der Waals surface area contributed by atoms with Gasteiger partial charge in [-0.2, -0.15) is 0 Å². The molecule has 0 saturated carbocycles. The van der Waals surface area contributed by atoms with Crippen LogP contribution in [0.3, 0.4) is 0 Å². The normalized spacial score (nSPS) is 11.6. The number of hydrogen-bond donors (Lipinski definition) is 2. The lowest BCUT2D eigenvalue weighted by Crippen LogP contribution is -2.57. The van der Waals surface area contributed by atoms with Gasteiger partial charge >= 0.3 is 12.1 Å². The Morgan fingerprint density at radius 1 is 0.760 bits per heavy atom. The van der Waals surface area contributed by atoms with Gasteiger partial charge in [-0.3, -0.25) is 0 Å². The van der Waals surface area contributed by atoms with Gasteiger partial charge in [0.05, 0.1) is 0 Å². The van der Waals surface area contributed by atoms with E-state index < -0.39 is 17.7 Å². The molecule has 0 fully saturated rings. The van der Waals surface area contributed by atoms with Crippen molar-refractivity contribution in [2.45, 2.75) is 19.5 Å². The summed E-state index contributed by atoms with van der Waals surface area (Å²) in [6, 6.07) is 17.2. The Bertz CT molecular complexity index is 703. The highest BCUT2D eigenvalue weighted by atomic mass is 16.2. The van der Waals surface area contributed by atoms with Crippen LogP contribution < -0.4 is 10.6 Å². The summed E-state index contributed by atoms with van der Waals surface area (Å²) in [5.74, 6) is 0. The zero-order valence-electron chi connectivity index (χ0n) is 14.1. The molecule has 0 saturated heterocycles. The summed E-state index contributed by atoms with van der Waals surface area (Å²) in [5, 5.41) is 5.62. The Morgan fingerprint density at radius 2 is 1.12 bits per heavy atom. The molecule has 0 aliphatic carbocycles. The molecule has 0 bridgehead atoms. The van der Waals surface area contributed by atoms with Crippen molar-refractivity contribution in [1.29, 1.82) is 0 Å². The average molecular weight is 336 g/mol. The van der Waals surface area contributed by atoms with E-state index in [2.05, 4.69) is 20.6 Å². The van der Waals surface area contributed by atoms with Gasteiger partial charge in [0.15, 0.2) is 5.66 Å². The number of nitrogens with one attached hydrogen (secondary N) is 2. The van der Waals surface area contributed by atoms with Crippen molar-refractivity contribution >= 4 is 24.5 Å². The first kappa shape index (κ1) is 18.1. The average Bonchev–Trinajstić information content (AvgIpc) is 2.63. The minimum atomic E-state index is -1.30. The van der Waals surface area contributed by atoms with E-state index in [-0.39, 0.29) is 0 Å². The van der Waals surface area contributed by atoms with Gasteiger partial charge < -0.3 is 10.6 Å². The van der Waals surface area contributed by atoms with Crippen LogP contribution in [-0.4, -0.2) is 24.5 Å². The van der Waals surface area contributed by atoms with E-state index in [0.717, 1.165) is 0 Å². The van der Waals surface area contributed by atoms with Crippen LogP contribution in [0.15, 0.2) is 70.6 Å². The lowest BCUT2D eigenvalue weighted by molar-refractivity contribution is 0.222. The molecule has 6 heteroatoms. The topological polar surface area (TPSA) is 82.9 Å². The maximum atomic E-state index is 12.2. The Hall–Kier alpha value is -3.28. The summed E-state index contributed by atoms with van der Waals surface area (Å²) < 4.78 is 0. The molecule has 2 rings (SSSR count). The number of benzene rings is 2. The molecule has 128 valence electrons. The van der Waals surface area contributed by atoms with Crippen LogP contribution >= 0.6 is 0 Å². The molecule has 0 spiro atoms. The summed E-state index contributed by atoms with van der Waals surface area (Å²) in [7, 11) is 0. The molecular weight excluding hydrogens is 316 g/mol. The van der Waals surface area contributed by atoms with Crippen molar-refractivity contribution in [2.24, 2.45) is 9.98 Å². The van der Waals surface area contributed by atoms with Crippen LogP contribution in [-0.2, 0) is 5.66 Å². The van der Waals surface area contributed by atoms with Gasteiger partial charge in [-0.05, 0) is 13.8 Å². The lowest BCUT2D eigenvalue weighted by atomic mass is 9.91.